The van der Waals surface area contributed by atoms with Gasteiger partial charge in [-0.3, -0.25) is 19.6 Å². The number of likely N-dealkylation sites (tertiary alicyclic amines) is 1. The third-order valence-electron chi connectivity index (χ3n) is 16.7. The highest BCUT2D eigenvalue weighted by Crippen LogP contribution is 2.63. The number of amides is 1. The van der Waals surface area contributed by atoms with Gasteiger partial charge in [-0.1, -0.05) is 57.3 Å². The number of hydrogen-bond donors (Lipinski definition) is 5. The third kappa shape index (κ3) is 7.39. The van der Waals surface area contributed by atoms with E-state index in [2.05, 4.69) is 118 Å². The molecule has 6 heterocycles. The number of carbonyl (C=O) groups is 1. The Labute approximate surface area is 371 Å². The van der Waals surface area contributed by atoms with E-state index in [4.69, 9.17) is 26.6 Å². The molecule has 2 aliphatic carbocycles. The molecule has 12 atom stereocenters. The van der Waals surface area contributed by atoms with E-state index in [1.165, 1.54) is 36.2 Å². The quantitative estimate of drug-likeness (QED) is 0.218. The van der Waals surface area contributed by atoms with Crippen molar-refractivity contribution in [2.24, 2.45) is 33.6 Å². The molecule has 61 heavy (non-hydrogen) atoms. The van der Waals surface area contributed by atoms with E-state index in [1.807, 2.05) is 0 Å². The van der Waals surface area contributed by atoms with Gasteiger partial charge in [-0.05, 0) is 100 Å². The minimum absolute atomic E-state index is 0.0757. The summed E-state index contributed by atoms with van der Waals surface area (Å²) < 4.78 is 6.18. The Morgan fingerprint density at radius 2 is 1.74 bits per heavy atom. The van der Waals surface area contributed by atoms with Crippen molar-refractivity contribution < 1.29 is 9.53 Å². The summed E-state index contributed by atoms with van der Waals surface area (Å²) in [7, 11) is 0. The van der Waals surface area contributed by atoms with E-state index in [1.54, 1.807) is 18.2 Å². The maximum Gasteiger partial charge on any atom is 0.238 e. The van der Waals surface area contributed by atoms with Crippen molar-refractivity contribution in [3.05, 3.63) is 58.6 Å². The number of nitrogens with one attached hydrogen (secondary N) is 5. The van der Waals surface area contributed by atoms with Crippen LogP contribution < -0.4 is 36.7 Å². The molecule has 5 N–H and O–H groups in total. The van der Waals surface area contributed by atoms with E-state index in [9.17, 15) is 4.79 Å². The number of thioether (sulfide) groups is 1. The van der Waals surface area contributed by atoms with Crippen LogP contribution in [0.15, 0.2) is 47.5 Å². The molecule has 10 rings (SSSR count). The highest BCUT2D eigenvalue weighted by atomic mass is 35.5. The van der Waals surface area contributed by atoms with Crippen LogP contribution in [-0.4, -0.2) is 101 Å². The summed E-state index contributed by atoms with van der Waals surface area (Å²) in [6.07, 6.45) is 9.92. The highest BCUT2D eigenvalue weighted by molar-refractivity contribution is 8.00. The normalized spacial score (nSPS) is 41.2. The molecule has 2 aromatic carbocycles. The van der Waals surface area contributed by atoms with Crippen molar-refractivity contribution in [3.63, 3.8) is 0 Å². The molecule has 0 aromatic heterocycles. The summed E-state index contributed by atoms with van der Waals surface area (Å²) in [6.45, 7) is 16.3. The summed E-state index contributed by atoms with van der Waals surface area (Å²) in [5.41, 5.74) is 19.0. The standard InChI is InChI=1S/C47H65ClN10O2S/c1-27-7-6-20-46-23-56(35-13-8-32(9-14-35)42-41-28(2)30(4)61-45(41)58-31(5)52-55-43(58)29(3)50-42)25-47(27,46)26-57(24-46)40-19-18-39(53-54-40)44(59)51-34-11-16-36(17-12-34)60-37-15-10-33(22-49)38(48)21-37/h8-10,13-15,21,27-31,34,36,39-41,43,45,52-55H,6-7,11-12,16-20,23-26H2,1-5H3,(H,51,59)/t27-,28?,29+,30?,31?,34?,36?,39?,40?,41?,43?,45?,46?,47?/m1/s1. The lowest BCUT2D eigenvalue weighted by Gasteiger charge is -2.47. The molecule has 2 saturated carbocycles. The van der Waals surface area contributed by atoms with Gasteiger partial charge in [-0.2, -0.15) is 5.26 Å². The van der Waals surface area contributed by atoms with Crippen molar-refractivity contribution in [2.75, 3.05) is 31.1 Å². The van der Waals surface area contributed by atoms with Crippen LogP contribution in [0.1, 0.15) is 104 Å². The number of nitriles is 1. The van der Waals surface area contributed by atoms with Crippen LogP contribution in [-0.2, 0) is 4.79 Å². The van der Waals surface area contributed by atoms with Gasteiger partial charge in [0.05, 0.1) is 46.6 Å². The molecular weight excluding hydrogens is 804 g/mol. The van der Waals surface area contributed by atoms with Crippen LogP contribution in [0.25, 0.3) is 0 Å². The number of fused-ring (bicyclic) bond motifs is 3. The van der Waals surface area contributed by atoms with Gasteiger partial charge in [-0.25, -0.2) is 21.7 Å². The number of halogens is 1. The van der Waals surface area contributed by atoms with Crippen LogP contribution in [0.4, 0.5) is 5.69 Å². The zero-order valence-electron chi connectivity index (χ0n) is 36.5. The van der Waals surface area contributed by atoms with E-state index in [-0.39, 0.29) is 59.5 Å². The van der Waals surface area contributed by atoms with Crippen molar-refractivity contribution in [3.8, 4) is 11.8 Å². The second kappa shape index (κ2) is 16.6. The summed E-state index contributed by atoms with van der Waals surface area (Å²) in [5.74, 6) is 2.38. The SMILES string of the molecule is CC1SC2C(C(c3ccc(N4CC56CCC[C@@H](C)C5(C4)CN(C4CCC(C(=O)NC5CCC(Oc7ccc(C#N)c(Cl)c7)CC5)NN4)C6)cc3)=N[C@@H](C)C3NNC(C)N23)C1C. The number of rotatable bonds is 7. The molecule has 0 spiro atoms. The molecule has 5 saturated heterocycles. The number of hydrazine groups is 2. The number of aliphatic imine (C=N–C) groups is 1. The minimum atomic E-state index is -0.240. The lowest BCUT2D eigenvalue weighted by molar-refractivity contribution is -0.125. The summed E-state index contributed by atoms with van der Waals surface area (Å²) in [5, 5.41) is 13.9. The molecule has 6 aliphatic heterocycles. The molecule has 2 aromatic rings. The fourth-order valence-electron chi connectivity index (χ4n) is 13.1. The predicted molar refractivity (Wildman–Crippen MR) is 243 cm³/mol. The first-order valence-corrected chi connectivity index (χ1v) is 24.6. The third-order valence-corrected chi connectivity index (χ3v) is 18.6. The first kappa shape index (κ1) is 42.0. The Hall–Kier alpha value is -2.93. The average Bonchev–Trinajstić information content (AvgIpc) is 3.97. The Morgan fingerprint density at radius 3 is 2.46 bits per heavy atom. The Bertz CT molecular complexity index is 2040. The van der Waals surface area contributed by atoms with Crippen molar-refractivity contribution in [1.82, 2.24) is 36.8 Å². The minimum Gasteiger partial charge on any atom is -0.490 e. The zero-order chi connectivity index (χ0) is 42.2. The van der Waals surface area contributed by atoms with Crippen LogP contribution in [0.2, 0.25) is 5.02 Å². The molecule has 10 unspecified atom stereocenters. The van der Waals surface area contributed by atoms with Gasteiger partial charge in [0.2, 0.25) is 5.91 Å². The van der Waals surface area contributed by atoms with Gasteiger partial charge in [0.15, 0.2) is 0 Å². The smallest absolute Gasteiger partial charge is 0.238 e. The van der Waals surface area contributed by atoms with Crippen LogP contribution >= 0.6 is 23.4 Å². The molecule has 1 amide bonds. The van der Waals surface area contributed by atoms with Gasteiger partial charge in [0, 0.05) is 71.7 Å². The number of anilines is 1. The first-order chi connectivity index (χ1) is 29.5. The number of nitrogens with zero attached hydrogens (tertiary/aromatic N) is 5. The predicted octanol–water partition coefficient (Wildman–Crippen LogP) is 6.22. The molecule has 328 valence electrons. The van der Waals surface area contributed by atoms with Gasteiger partial charge in [0.1, 0.15) is 17.9 Å². The maximum absolute atomic E-state index is 13.5. The lowest BCUT2D eigenvalue weighted by Crippen LogP contribution is -2.62. The van der Waals surface area contributed by atoms with Crippen LogP contribution in [0.5, 0.6) is 5.75 Å². The van der Waals surface area contributed by atoms with Crippen molar-refractivity contribution in [2.45, 2.75) is 146 Å². The largest absolute Gasteiger partial charge is 0.490 e. The first-order valence-electron chi connectivity index (χ1n) is 23.2. The van der Waals surface area contributed by atoms with Gasteiger partial charge in [0.25, 0.3) is 0 Å². The van der Waals surface area contributed by atoms with Crippen LogP contribution in [0.3, 0.4) is 0 Å². The number of hydrogen-bond acceptors (Lipinski definition) is 12. The number of carbonyl (C=O) groups excluding carboxylic acids is 1. The number of ether oxygens (including phenoxy) is 1. The topological polar surface area (TPSA) is 132 Å². The average molecular weight is 870 g/mol. The van der Waals surface area contributed by atoms with E-state index in [0.29, 0.717) is 44.7 Å². The monoisotopic (exact) mass is 868 g/mol. The van der Waals surface area contributed by atoms with Crippen LogP contribution in [0, 0.1) is 39.9 Å². The molecule has 8 aliphatic rings. The van der Waals surface area contributed by atoms with Gasteiger partial charge >= 0.3 is 0 Å². The fraction of sp³-hybridized carbons (Fsp3) is 0.681. The molecule has 14 heteroatoms. The Kier molecular flexibility index (Phi) is 11.4. The second-order valence-electron chi connectivity index (χ2n) is 20.1. The molecule has 12 nitrogen and oxygen atoms in total. The summed E-state index contributed by atoms with van der Waals surface area (Å²) in [4.78, 5) is 27.1. The van der Waals surface area contributed by atoms with E-state index in [0.717, 1.165) is 64.7 Å². The summed E-state index contributed by atoms with van der Waals surface area (Å²) >= 11 is 8.34. The van der Waals surface area contributed by atoms with Gasteiger partial charge < -0.3 is 15.0 Å². The van der Waals surface area contributed by atoms with Gasteiger partial charge in [-0.15, -0.1) is 11.8 Å². The summed E-state index contributed by atoms with van der Waals surface area (Å²) in [6, 6.07) is 16.9. The Morgan fingerprint density at radius 1 is 0.934 bits per heavy atom. The fourth-order valence-corrected chi connectivity index (χ4v) is 15.1. The zero-order valence-corrected chi connectivity index (χ0v) is 38.1. The maximum atomic E-state index is 13.5. The molecular formula is C47H65ClN10O2S. The van der Waals surface area contributed by atoms with Crippen molar-refractivity contribution >= 4 is 40.7 Å². The molecule has 7 fully saturated rings. The highest BCUT2D eigenvalue weighted by Gasteiger charge is 2.66. The van der Waals surface area contributed by atoms with Crippen molar-refractivity contribution in [1.29, 1.82) is 5.26 Å². The molecule has 0 radical (unpaired) electrons. The second-order valence-corrected chi connectivity index (χ2v) is 22.0. The van der Waals surface area contributed by atoms with E-state index >= 15 is 0 Å². The Balaban J connectivity index is 0.752. The lowest BCUT2D eigenvalue weighted by atomic mass is 9.55. The molecule has 0 bridgehead atoms. The van der Waals surface area contributed by atoms with E-state index < -0.39 is 0 Å². The number of benzene rings is 2.